The van der Waals surface area contributed by atoms with Gasteiger partial charge in [-0.3, -0.25) is 4.79 Å². The van der Waals surface area contributed by atoms with Crippen LogP contribution in [0.4, 0.5) is 0 Å². The van der Waals surface area contributed by atoms with E-state index in [4.69, 9.17) is 19.2 Å². The minimum atomic E-state index is -0.554. The maximum atomic E-state index is 13.3. The third kappa shape index (κ3) is 5.83. The largest absolute Gasteiger partial charge is 0.493 e. The normalized spacial score (nSPS) is 16.7. The zero-order valence-electron chi connectivity index (χ0n) is 21.6. The molecule has 4 rings (SSSR count). The Morgan fingerprint density at radius 3 is 2.49 bits per heavy atom. The Hall–Kier alpha value is -3.72. The number of esters is 1. The second kappa shape index (κ2) is 11.6. The number of fused-ring (bicyclic) bond motifs is 1. The van der Waals surface area contributed by atoms with E-state index in [9.17, 15) is 9.59 Å². The van der Waals surface area contributed by atoms with E-state index >= 15 is 0 Å². The first-order chi connectivity index (χ1) is 17.8. The van der Waals surface area contributed by atoms with E-state index in [-0.39, 0.29) is 18.4 Å². The Bertz CT molecular complexity index is 1270. The van der Waals surface area contributed by atoms with Crippen molar-refractivity contribution in [3.63, 3.8) is 0 Å². The number of aliphatic imine (C=N–C) groups is 1. The van der Waals surface area contributed by atoms with Crippen molar-refractivity contribution in [1.82, 2.24) is 10.2 Å². The number of nitrogens with one attached hydrogen (secondary N) is 1. The first-order valence-electron chi connectivity index (χ1n) is 12.0. The molecule has 2 aromatic carbocycles. The Morgan fingerprint density at radius 1 is 1.08 bits per heavy atom. The number of amides is 1. The van der Waals surface area contributed by atoms with Crippen LogP contribution < -0.4 is 14.8 Å². The highest BCUT2D eigenvalue weighted by Crippen LogP contribution is 2.46. The molecule has 0 bridgehead atoms. The molecule has 0 fully saturated rings. The molecular formula is C28H31N3O5S. The Balaban J connectivity index is 1.67. The zero-order valence-corrected chi connectivity index (χ0v) is 22.4. The number of hydrogen-bond donors (Lipinski definition) is 1. The predicted molar refractivity (Wildman–Crippen MR) is 144 cm³/mol. The van der Waals surface area contributed by atoms with Crippen molar-refractivity contribution in [2.24, 2.45) is 4.99 Å². The average molecular weight is 522 g/mol. The third-order valence-electron chi connectivity index (χ3n) is 5.96. The summed E-state index contributed by atoms with van der Waals surface area (Å²) in [7, 11) is 3.14. The fourth-order valence-electron chi connectivity index (χ4n) is 4.27. The number of carbonyl (C=O) groups is 2. The van der Waals surface area contributed by atoms with E-state index in [0.29, 0.717) is 34.5 Å². The molecule has 2 aliphatic rings. The number of benzene rings is 2. The molecule has 0 aliphatic carbocycles. The SMILES string of the molecule is COc1ccc([C@@H]2C(C(=O)OC(C)C)=C(C)N=C3SC=C(CC(=O)NCc4ccccc4)N32)cc1OC. The molecule has 2 aromatic rings. The quantitative estimate of drug-likeness (QED) is 0.468. The van der Waals surface area contributed by atoms with E-state index in [1.807, 2.05) is 66.6 Å². The zero-order chi connectivity index (χ0) is 26.5. The summed E-state index contributed by atoms with van der Waals surface area (Å²) < 4.78 is 16.6. The standard InChI is InChI=1S/C28H31N3O5S/c1-17(2)36-27(33)25-18(3)30-28-31(26(25)20-11-12-22(34-4)23(13-20)35-5)21(16-37-28)14-24(32)29-15-19-9-7-6-8-10-19/h6-13,16-17,26H,14-15H2,1-5H3,(H,29,32)/t26-/m1/s1. The van der Waals surface area contributed by atoms with Crippen LogP contribution in [0.15, 0.2) is 75.9 Å². The topological polar surface area (TPSA) is 89.5 Å². The van der Waals surface area contributed by atoms with Crippen molar-refractivity contribution in [1.29, 1.82) is 0 Å². The van der Waals surface area contributed by atoms with E-state index in [1.165, 1.54) is 11.8 Å². The molecule has 2 aliphatic heterocycles. The van der Waals surface area contributed by atoms with Crippen LogP contribution in [0, 0.1) is 0 Å². The van der Waals surface area contributed by atoms with Gasteiger partial charge in [-0.15, -0.1) is 0 Å². The van der Waals surface area contributed by atoms with Crippen molar-refractivity contribution in [3.8, 4) is 11.5 Å². The lowest BCUT2D eigenvalue weighted by molar-refractivity contribution is -0.143. The minimum Gasteiger partial charge on any atom is -0.493 e. The van der Waals surface area contributed by atoms with Crippen LogP contribution in [0.2, 0.25) is 0 Å². The summed E-state index contributed by atoms with van der Waals surface area (Å²) in [4.78, 5) is 32.9. The van der Waals surface area contributed by atoms with Crippen molar-refractivity contribution < 1.29 is 23.8 Å². The molecule has 9 heteroatoms. The molecule has 194 valence electrons. The van der Waals surface area contributed by atoms with Crippen LogP contribution in [0.3, 0.4) is 0 Å². The number of thioether (sulfide) groups is 1. The Kier molecular flexibility index (Phi) is 8.23. The monoisotopic (exact) mass is 521 g/mol. The van der Waals surface area contributed by atoms with Crippen molar-refractivity contribution in [2.45, 2.75) is 45.9 Å². The third-order valence-corrected chi connectivity index (χ3v) is 6.85. The number of carbonyl (C=O) groups excluding carboxylic acids is 2. The highest BCUT2D eigenvalue weighted by atomic mass is 32.2. The summed E-state index contributed by atoms with van der Waals surface area (Å²) in [6.45, 7) is 5.86. The van der Waals surface area contributed by atoms with E-state index in [0.717, 1.165) is 16.8 Å². The molecule has 37 heavy (non-hydrogen) atoms. The molecule has 2 heterocycles. The molecule has 0 unspecified atom stereocenters. The van der Waals surface area contributed by atoms with Crippen molar-refractivity contribution >= 4 is 28.8 Å². The van der Waals surface area contributed by atoms with E-state index in [2.05, 4.69) is 5.32 Å². The number of methoxy groups -OCH3 is 2. The fourth-order valence-corrected chi connectivity index (χ4v) is 5.23. The number of amidine groups is 1. The van der Waals surface area contributed by atoms with Gasteiger partial charge in [0.25, 0.3) is 0 Å². The summed E-state index contributed by atoms with van der Waals surface area (Å²) in [6, 6.07) is 14.7. The van der Waals surface area contributed by atoms with Crippen molar-refractivity contribution in [3.05, 3.63) is 82.0 Å². The van der Waals surface area contributed by atoms with Gasteiger partial charge in [-0.2, -0.15) is 0 Å². The van der Waals surface area contributed by atoms with Crippen LogP contribution in [0.5, 0.6) is 11.5 Å². The maximum absolute atomic E-state index is 13.3. The number of nitrogens with zero attached hydrogens (tertiary/aromatic N) is 2. The molecule has 0 saturated heterocycles. The smallest absolute Gasteiger partial charge is 0.338 e. The van der Waals surface area contributed by atoms with Crippen LogP contribution in [0.1, 0.15) is 44.4 Å². The van der Waals surface area contributed by atoms with Crippen LogP contribution >= 0.6 is 11.8 Å². The van der Waals surface area contributed by atoms with Gasteiger partial charge in [-0.05, 0) is 49.4 Å². The van der Waals surface area contributed by atoms with Crippen LogP contribution in [-0.4, -0.2) is 42.3 Å². The summed E-state index contributed by atoms with van der Waals surface area (Å²) in [6.07, 6.45) is -0.162. The number of ether oxygens (including phenoxy) is 3. The lowest BCUT2D eigenvalue weighted by Gasteiger charge is -2.36. The van der Waals surface area contributed by atoms with Gasteiger partial charge in [0.2, 0.25) is 5.91 Å². The minimum absolute atomic E-state index is 0.124. The highest BCUT2D eigenvalue weighted by molar-refractivity contribution is 8.16. The van der Waals surface area contributed by atoms with Gasteiger partial charge >= 0.3 is 5.97 Å². The molecule has 1 N–H and O–H groups in total. The molecule has 0 radical (unpaired) electrons. The number of hydrogen-bond acceptors (Lipinski definition) is 8. The molecule has 0 saturated carbocycles. The second-order valence-corrected chi connectivity index (χ2v) is 9.74. The van der Waals surface area contributed by atoms with Crippen molar-refractivity contribution in [2.75, 3.05) is 14.2 Å². The Labute approximate surface area is 221 Å². The van der Waals surface area contributed by atoms with Gasteiger partial charge in [0.1, 0.15) is 0 Å². The summed E-state index contributed by atoms with van der Waals surface area (Å²) in [5.41, 5.74) is 3.55. The first kappa shape index (κ1) is 26.3. The van der Waals surface area contributed by atoms with E-state index in [1.54, 1.807) is 27.2 Å². The average Bonchev–Trinajstić information content (AvgIpc) is 3.27. The summed E-state index contributed by atoms with van der Waals surface area (Å²) in [5.74, 6) is 0.548. The van der Waals surface area contributed by atoms with Gasteiger partial charge < -0.3 is 24.4 Å². The maximum Gasteiger partial charge on any atom is 0.338 e. The molecule has 8 nitrogen and oxygen atoms in total. The van der Waals surface area contributed by atoms with Crippen LogP contribution in [-0.2, 0) is 20.9 Å². The number of allylic oxidation sites excluding steroid dienone is 1. The first-order valence-corrected chi connectivity index (χ1v) is 12.9. The lowest BCUT2D eigenvalue weighted by Crippen LogP contribution is -2.38. The molecule has 1 amide bonds. The molecule has 0 aromatic heterocycles. The van der Waals surface area contributed by atoms with Gasteiger partial charge in [-0.25, -0.2) is 9.79 Å². The second-order valence-electron chi connectivity index (χ2n) is 8.90. The fraction of sp³-hybridized carbons (Fsp3) is 0.321. The highest BCUT2D eigenvalue weighted by Gasteiger charge is 2.41. The summed E-state index contributed by atoms with van der Waals surface area (Å²) >= 11 is 1.43. The summed E-state index contributed by atoms with van der Waals surface area (Å²) in [5, 5.41) is 5.60. The van der Waals surface area contributed by atoms with Gasteiger partial charge in [-0.1, -0.05) is 48.2 Å². The molecule has 1 atom stereocenters. The Morgan fingerprint density at radius 2 is 1.81 bits per heavy atom. The molecule has 0 spiro atoms. The molecular weight excluding hydrogens is 490 g/mol. The van der Waals surface area contributed by atoms with Crippen LogP contribution in [0.25, 0.3) is 0 Å². The van der Waals surface area contributed by atoms with Gasteiger partial charge in [0, 0.05) is 12.2 Å². The van der Waals surface area contributed by atoms with E-state index < -0.39 is 12.0 Å². The lowest BCUT2D eigenvalue weighted by atomic mass is 9.93. The predicted octanol–water partition coefficient (Wildman–Crippen LogP) is 4.94. The van der Waals surface area contributed by atoms with Gasteiger partial charge in [0.15, 0.2) is 16.7 Å². The van der Waals surface area contributed by atoms with Gasteiger partial charge in [0.05, 0.1) is 44.1 Å². The number of rotatable bonds is 9.